The fourth-order valence-corrected chi connectivity index (χ4v) is 3.67. The van der Waals surface area contributed by atoms with Crippen LogP contribution in [0.5, 0.6) is 11.8 Å². The summed E-state index contributed by atoms with van der Waals surface area (Å²) in [6, 6.07) is 4.95. The Bertz CT molecular complexity index is 1100. The van der Waals surface area contributed by atoms with Gasteiger partial charge in [0.25, 0.3) is 16.0 Å². The average Bonchev–Trinajstić information content (AvgIpc) is 2.72. The van der Waals surface area contributed by atoms with E-state index in [9.17, 15) is 22.8 Å². The Balaban J connectivity index is 2.61. The summed E-state index contributed by atoms with van der Waals surface area (Å²) >= 11 is 0. The number of ether oxygens (including phenoxy) is 2. The summed E-state index contributed by atoms with van der Waals surface area (Å²) in [4.78, 5) is 44.2. The van der Waals surface area contributed by atoms with Gasteiger partial charge in [-0.05, 0) is 12.1 Å². The van der Waals surface area contributed by atoms with Crippen molar-refractivity contribution in [1.82, 2.24) is 14.9 Å². The summed E-state index contributed by atoms with van der Waals surface area (Å²) in [5, 5.41) is 2.21. The van der Waals surface area contributed by atoms with Crippen LogP contribution >= 0.6 is 0 Å². The smallest absolute Gasteiger partial charge is 0.336 e. The molecule has 0 aliphatic heterocycles. The Hall–Kier alpha value is -3.94. The third kappa shape index (κ3) is 4.98. The summed E-state index contributed by atoms with van der Waals surface area (Å²) in [6.07, 6.45) is 0. The van der Waals surface area contributed by atoms with Gasteiger partial charge in [-0.3, -0.25) is 9.59 Å². The molecule has 0 radical (unpaired) electrons. The summed E-state index contributed by atoms with van der Waals surface area (Å²) < 4.78 is 36.6. The van der Waals surface area contributed by atoms with Crippen molar-refractivity contribution in [3.63, 3.8) is 0 Å². The van der Waals surface area contributed by atoms with Gasteiger partial charge in [0.1, 0.15) is 4.90 Å². The van der Waals surface area contributed by atoms with Crippen LogP contribution in [0.1, 0.15) is 0 Å². The highest BCUT2D eigenvalue weighted by Crippen LogP contribution is 2.29. The fraction of sp³-hybridized carbons (Fsp3) is 0.235. The van der Waals surface area contributed by atoms with Crippen LogP contribution in [0.4, 0.5) is 16.4 Å². The number of aromatic nitrogens is 2. The minimum Gasteiger partial charge on any atom is -0.481 e. The van der Waals surface area contributed by atoms with Crippen LogP contribution in [-0.4, -0.2) is 69.4 Å². The number of benzene rings is 1. The lowest BCUT2D eigenvalue weighted by molar-refractivity contribution is -0.141. The quantitative estimate of drug-likeness (QED) is 0.562. The molecule has 0 aliphatic carbocycles. The fourth-order valence-electron chi connectivity index (χ4n) is 2.29. The molecule has 0 saturated carbocycles. The molecule has 4 amide bonds. The van der Waals surface area contributed by atoms with E-state index in [0.717, 1.165) is 11.0 Å². The molecule has 3 N–H and O–H groups in total. The molecule has 166 valence electrons. The molecule has 1 aromatic carbocycles. The maximum absolute atomic E-state index is 13.3. The number of carbonyl (C=O) groups is 3. The van der Waals surface area contributed by atoms with E-state index in [4.69, 9.17) is 15.2 Å². The van der Waals surface area contributed by atoms with Crippen molar-refractivity contribution in [3.05, 3.63) is 30.3 Å². The number of carbonyl (C=O) groups excluding carboxylic acids is 3. The van der Waals surface area contributed by atoms with Crippen molar-refractivity contribution in [2.45, 2.75) is 4.90 Å². The normalized spacial score (nSPS) is 10.7. The number of urea groups is 1. The molecule has 1 heterocycles. The Labute approximate surface area is 177 Å². The zero-order valence-corrected chi connectivity index (χ0v) is 17.8. The predicted molar refractivity (Wildman–Crippen MR) is 108 cm³/mol. The maximum atomic E-state index is 13.3. The second kappa shape index (κ2) is 9.25. The van der Waals surface area contributed by atoms with Crippen molar-refractivity contribution in [2.75, 3.05) is 37.9 Å². The van der Waals surface area contributed by atoms with E-state index in [1.807, 2.05) is 0 Å². The van der Waals surface area contributed by atoms with Gasteiger partial charge in [-0.15, -0.1) is 4.31 Å². The molecule has 0 atom stereocenters. The van der Waals surface area contributed by atoms with Gasteiger partial charge in [-0.25, -0.2) is 13.2 Å². The zero-order chi connectivity index (χ0) is 23.3. The van der Waals surface area contributed by atoms with E-state index >= 15 is 0 Å². The number of anilines is 2. The Morgan fingerprint density at radius 1 is 1.03 bits per heavy atom. The number of primary amides is 1. The molecule has 13 nitrogen and oxygen atoms in total. The maximum Gasteiger partial charge on any atom is 0.336 e. The highest BCUT2D eigenvalue weighted by Gasteiger charge is 2.35. The van der Waals surface area contributed by atoms with Gasteiger partial charge < -0.3 is 25.4 Å². The molecule has 0 unspecified atom stereocenters. The van der Waals surface area contributed by atoms with Crippen molar-refractivity contribution >= 4 is 39.5 Å². The number of hydrogen-bond donors (Lipinski definition) is 2. The first-order chi connectivity index (χ1) is 14.5. The van der Waals surface area contributed by atoms with Gasteiger partial charge >= 0.3 is 17.8 Å². The predicted octanol–water partition coefficient (Wildman–Crippen LogP) is -0.205. The number of nitrogens with zero attached hydrogens (tertiary/aromatic N) is 4. The van der Waals surface area contributed by atoms with Gasteiger partial charge in [0.05, 0.1) is 26.0 Å². The molecule has 0 fully saturated rings. The lowest BCUT2D eigenvalue weighted by Gasteiger charge is -2.21. The molecular weight excluding hydrogens is 432 g/mol. The number of likely N-dealkylation sites (N-methyl/N-ethyl adjacent to an activating group) is 1. The molecule has 0 saturated heterocycles. The van der Waals surface area contributed by atoms with Crippen LogP contribution in [-0.2, 0) is 19.6 Å². The molecule has 31 heavy (non-hydrogen) atoms. The molecule has 0 bridgehead atoms. The number of nitrogens with one attached hydrogen (secondary N) is 1. The Morgan fingerprint density at radius 3 is 2.06 bits per heavy atom. The molecule has 1 aromatic heterocycles. The first kappa shape index (κ1) is 23.3. The van der Waals surface area contributed by atoms with Crippen LogP contribution < -0.4 is 24.8 Å². The lowest BCUT2D eigenvalue weighted by atomic mass is 10.3. The van der Waals surface area contributed by atoms with Crippen molar-refractivity contribution < 1.29 is 32.3 Å². The number of rotatable bonds is 6. The van der Waals surface area contributed by atoms with Crippen molar-refractivity contribution in [2.24, 2.45) is 5.73 Å². The topological polar surface area (TPSA) is 174 Å². The number of amides is 4. The van der Waals surface area contributed by atoms with E-state index in [0.29, 0.717) is 0 Å². The highest BCUT2D eigenvalue weighted by molar-refractivity contribution is 7.93. The summed E-state index contributed by atoms with van der Waals surface area (Å²) in [6.45, 7) is 0. The summed E-state index contributed by atoms with van der Waals surface area (Å²) in [5.74, 6) is -2.84. The average molecular weight is 452 g/mol. The van der Waals surface area contributed by atoms with Crippen LogP contribution in [0.25, 0.3) is 0 Å². The van der Waals surface area contributed by atoms with E-state index in [2.05, 4.69) is 15.3 Å². The van der Waals surface area contributed by atoms with Gasteiger partial charge in [0.2, 0.25) is 11.8 Å². The first-order valence-corrected chi connectivity index (χ1v) is 9.90. The van der Waals surface area contributed by atoms with Gasteiger partial charge in [-0.2, -0.15) is 9.97 Å². The van der Waals surface area contributed by atoms with E-state index in [1.165, 1.54) is 52.6 Å². The van der Waals surface area contributed by atoms with Crippen LogP contribution in [0.15, 0.2) is 35.2 Å². The van der Waals surface area contributed by atoms with Crippen LogP contribution in [0.2, 0.25) is 0 Å². The molecule has 2 rings (SSSR count). The molecule has 2 aromatic rings. The number of methoxy groups -OCH3 is 2. The summed E-state index contributed by atoms with van der Waals surface area (Å²) in [7, 11) is 0.496. The highest BCUT2D eigenvalue weighted by atomic mass is 32.2. The first-order valence-electron chi connectivity index (χ1n) is 8.46. The van der Waals surface area contributed by atoms with E-state index in [1.54, 1.807) is 0 Å². The number of para-hydroxylation sites is 1. The third-order valence-electron chi connectivity index (χ3n) is 3.72. The summed E-state index contributed by atoms with van der Waals surface area (Å²) in [5.41, 5.74) is 5.05. The SMILES string of the molecule is COc1cc(OC)nc(N(C(N)=O)S(=O)(=O)c2ccccc2NC(=O)C(=O)N(C)C)n1. The van der Waals surface area contributed by atoms with Gasteiger partial charge in [0.15, 0.2) is 0 Å². The molecule has 14 heteroatoms. The minimum atomic E-state index is -4.74. The van der Waals surface area contributed by atoms with Crippen molar-refractivity contribution in [1.29, 1.82) is 0 Å². The molecule has 0 aliphatic rings. The Kier molecular flexibility index (Phi) is 6.97. The Morgan fingerprint density at radius 2 is 1.58 bits per heavy atom. The second-order valence-electron chi connectivity index (χ2n) is 6.01. The monoisotopic (exact) mass is 452 g/mol. The van der Waals surface area contributed by atoms with Crippen LogP contribution in [0, 0.1) is 0 Å². The molecular formula is C17H20N6O7S. The standard InChI is InChI=1S/C17H20N6O7S/c1-22(2)15(25)14(24)19-10-7-5-6-8-11(10)31(27,28)23(16(18)26)17-20-12(29-3)9-13(21-17)30-4/h5-9H,1-4H3,(H2,18,26)(H,19,24). The van der Waals surface area contributed by atoms with E-state index < -0.39 is 38.7 Å². The number of sulfonamides is 1. The number of nitrogens with two attached hydrogens (primary N) is 1. The lowest BCUT2D eigenvalue weighted by Crippen LogP contribution is -2.42. The van der Waals surface area contributed by atoms with E-state index in [-0.39, 0.29) is 21.8 Å². The van der Waals surface area contributed by atoms with Gasteiger partial charge in [0, 0.05) is 14.1 Å². The van der Waals surface area contributed by atoms with Crippen molar-refractivity contribution in [3.8, 4) is 11.8 Å². The largest absolute Gasteiger partial charge is 0.481 e. The van der Waals surface area contributed by atoms with Crippen LogP contribution in [0.3, 0.4) is 0 Å². The minimum absolute atomic E-state index is 0.0959. The third-order valence-corrected chi connectivity index (χ3v) is 5.46. The second-order valence-corrected chi connectivity index (χ2v) is 7.77. The number of hydrogen-bond acceptors (Lipinski definition) is 9. The zero-order valence-electron chi connectivity index (χ0n) is 17.0. The van der Waals surface area contributed by atoms with Gasteiger partial charge in [-0.1, -0.05) is 12.1 Å². The molecule has 0 spiro atoms.